The van der Waals surface area contributed by atoms with Crippen LogP contribution in [-0.4, -0.2) is 27.5 Å². The number of aromatic nitrogens is 2. The summed E-state index contributed by atoms with van der Waals surface area (Å²) in [5.74, 6) is -4.53. The lowest BCUT2D eigenvalue weighted by molar-refractivity contribution is -0.196. The highest BCUT2D eigenvalue weighted by Crippen LogP contribution is 2.45. The van der Waals surface area contributed by atoms with Gasteiger partial charge in [-0.25, -0.2) is 13.8 Å². The molecule has 4 rings (SSSR count). The van der Waals surface area contributed by atoms with Crippen LogP contribution in [0.4, 0.5) is 23.4 Å². The highest BCUT2D eigenvalue weighted by molar-refractivity contribution is 6.09. The number of rotatable bonds is 3. The quantitative estimate of drug-likeness (QED) is 0.476. The Balaban J connectivity index is 1.89. The topological polar surface area (TPSA) is 113 Å². The number of nitrogens with zero attached hydrogens (tertiary/aromatic N) is 1. The maximum Gasteiger partial charge on any atom is 0.425 e. The van der Waals surface area contributed by atoms with Gasteiger partial charge >= 0.3 is 11.9 Å². The Morgan fingerprint density at radius 2 is 1.53 bits per heavy atom. The zero-order chi connectivity index (χ0) is 26.6. The fourth-order valence-electron chi connectivity index (χ4n) is 3.98. The highest BCUT2D eigenvalue weighted by atomic mass is 19.4. The van der Waals surface area contributed by atoms with Gasteiger partial charge in [-0.2, -0.15) is 13.2 Å². The minimum atomic E-state index is -5.48. The monoisotopic (exact) mass is 504 g/mol. The molecule has 1 aliphatic rings. The standard InChI is InChI=1S/C24H20F4N4O4/c1-22(2,3)13-6-4-12(5-7-13)18(33)31-23(24(26,27)28)16-17(29-20(23)35)32(21(36)30-19(16)34)15-10-8-14(25)9-11-15/h4-11H,1-3H3,(H,29,35)(H,31,33)(H,30,34,36)/t23-/m0/s1. The van der Waals surface area contributed by atoms with Crippen molar-refractivity contribution in [3.63, 3.8) is 0 Å². The van der Waals surface area contributed by atoms with Crippen molar-refractivity contribution in [2.75, 3.05) is 5.32 Å². The van der Waals surface area contributed by atoms with Crippen LogP contribution in [0.2, 0.25) is 0 Å². The molecule has 0 bridgehead atoms. The zero-order valence-electron chi connectivity index (χ0n) is 19.2. The molecule has 0 unspecified atom stereocenters. The van der Waals surface area contributed by atoms with Crippen LogP contribution in [0, 0.1) is 5.82 Å². The SMILES string of the molecule is CC(C)(C)c1ccc(C(=O)N[C@]2(C(F)(F)F)C(=O)Nc3c2c(=O)[nH]c(=O)n3-c2ccc(F)cc2)cc1. The number of amides is 2. The minimum absolute atomic E-state index is 0.128. The van der Waals surface area contributed by atoms with Crippen molar-refractivity contribution in [3.8, 4) is 5.69 Å². The Labute approximate surface area is 201 Å². The molecule has 0 saturated carbocycles. The van der Waals surface area contributed by atoms with Gasteiger partial charge in [-0.3, -0.25) is 19.4 Å². The van der Waals surface area contributed by atoms with E-state index in [9.17, 15) is 36.7 Å². The van der Waals surface area contributed by atoms with E-state index in [1.54, 1.807) is 22.4 Å². The van der Waals surface area contributed by atoms with Crippen molar-refractivity contribution >= 4 is 17.6 Å². The van der Waals surface area contributed by atoms with Gasteiger partial charge in [-0.05, 0) is 47.4 Å². The lowest BCUT2D eigenvalue weighted by Crippen LogP contribution is -2.62. The fourth-order valence-corrected chi connectivity index (χ4v) is 3.98. The molecule has 188 valence electrons. The third-order valence-corrected chi connectivity index (χ3v) is 5.88. The lowest BCUT2D eigenvalue weighted by atomic mass is 9.86. The number of aromatic amines is 1. The number of halogens is 4. The third kappa shape index (κ3) is 3.88. The van der Waals surface area contributed by atoms with E-state index >= 15 is 0 Å². The van der Waals surface area contributed by atoms with E-state index in [1.807, 2.05) is 26.1 Å². The molecule has 0 fully saturated rings. The predicted molar refractivity (Wildman–Crippen MR) is 122 cm³/mol. The van der Waals surface area contributed by atoms with Crippen LogP contribution in [0.1, 0.15) is 42.3 Å². The number of hydrogen-bond acceptors (Lipinski definition) is 4. The van der Waals surface area contributed by atoms with Crippen molar-refractivity contribution in [3.05, 3.63) is 91.9 Å². The summed E-state index contributed by atoms with van der Waals surface area (Å²) in [7, 11) is 0. The second-order valence-corrected chi connectivity index (χ2v) is 9.28. The van der Waals surface area contributed by atoms with E-state index in [1.165, 1.54) is 12.1 Å². The predicted octanol–water partition coefficient (Wildman–Crippen LogP) is 3.10. The molecule has 36 heavy (non-hydrogen) atoms. The van der Waals surface area contributed by atoms with E-state index in [0.717, 1.165) is 29.8 Å². The third-order valence-electron chi connectivity index (χ3n) is 5.88. The first-order chi connectivity index (χ1) is 16.7. The van der Waals surface area contributed by atoms with E-state index in [-0.39, 0.29) is 16.7 Å². The van der Waals surface area contributed by atoms with Gasteiger partial charge in [0.1, 0.15) is 17.2 Å². The Morgan fingerprint density at radius 3 is 2.06 bits per heavy atom. The van der Waals surface area contributed by atoms with Crippen molar-refractivity contribution in [2.45, 2.75) is 37.9 Å². The largest absolute Gasteiger partial charge is 0.425 e. The highest BCUT2D eigenvalue weighted by Gasteiger charge is 2.68. The average Bonchev–Trinajstić information content (AvgIpc) is 3.07. The molecule has 3 aromatic rings. The average molecular weight is 504 g/mol. The molecule has 2 amide bonds. The summed E-state index contributed by atoms with van der Waals surface area (Å²) in [5.41, 5.74) is -7.50. The van der Waals surface area contributed by atoms with Gasteiger partial charge in [0.15, 0.2) is 0 Å². The smallest absolute Gasteiger partial charge is 0.326 e. The first-order valence-corrected chi connectivity index (χ1v) is 10.6. The fraction of sp³-hybridized carbons (Fsp3) is 0.250. The van der Waals surface area contributed by atoms with Gasteiger partial charge in [0.2, 0.25) is 0 Å². The molecule has 8 nitrogen and oxygen atoms in total. The maximum absolute atomic E-state index is 14.5. The second kappa shape index (κ2) is 8.18. The van der Waals surface area contributed by atoms with Gasteiger partial charge in [0.05, 0.1) is 5.69 Å². The molecular formula is C24H20F4N4O4. The minimum Gasteiger partial charge on any atom is -0.326 e. The summed E-state index contributed by atoms with van der Waals surface area (Å²) in [6.45, 7) is 5.73. The van der Waals surface area contributed by atoms with Crippen LogP contribution < -0.4 is 21.9 Å². The summed E-state index contributed by atoms with van der Waals surface area (Å²) >= 11 is 0. The molecule has 2 aromatic carbocycles. The molecule has 2 heterocycles. The molecule has 1 aliphatic heterocycles. The van der Waals surface area contributed by atoms with Gasteiger partial charge in [0, 0.05) is 5.56 Å². The number of benzene rings is 2. The van der Waals surface area contributed by atoms with Crippen molar-refractivity contribution in [2.24, 2.45) is 0 Å². The summed E-state index contributed by atoms with van der Waals surface area (Å²) in [6.07, 6.45) is -5.48. The van der Waals surface area contributed by atoms with Crippen molar-refractivity contribution < 1.29 is 27.2 Å². The van der Waals surface area contributed by atoms with E-state index in [0.29, 0.717) is 4.57 Å². The summed E-state index contributed by atoms with van der Waals surface area (Å²) < 4.78 is 57.6. The number of anilines is 1. The lowest BCUT2D eigenvalue weighted by Gasteiger charge is -2.30. The normalized spacial score (nSPS) is 17.5. The first kappa shape index (κ1) is 24.9. The molecule has 0 aliphatic carbocycles. The molecule has 1 atom stereocenters. The first-order valence-electron chi connectivity index (χ1n) is 10.6. The van der Waals surface area contributed by atoms with E-state index in [4.69, 9.17) is 0 Å². The van der Waals surface area contributed by atoms with E-state index < -0.39 is 52.0 Å². The van der Waals surface area contributed by atoms with Crippen LogP contribution in [-0.2, 0) is 15.7 Å². The van der Waals surface area contributed by atoms with Crippen LogP contribution in [0.25, 0.3) is 5.69 Å². The number of carbonyl (C=O) groups excluding carboxylic acids is 2. The van der Waals surface area contributed by atoms with Crippen LogP contribution in [0.15, 0.2) is 58.1 Å². The van der Waals surface area contributed by atoms with Gasteiger partial charge in [-0.1, -0.05) is 32.9 Å². The number of hydrogen-bond donors (Lipinski definition) is 3. The molecular weight excluding hydrogens is 484 g/mol. The Kier molecular flexibility index (Phi) is 5.65. The number of alkyl halides is 3. The maximum atomic E-state index is 14.5. The Bertz CT molecular complexity index is 1480. The second-order valence-electron chi connectivity index (χ2n) is 9.28. The Hall–Kier alpha value is -4.22. The number of fused-ring (bicyclic) bond motifs is 1. The molecule has 0 spiro atoms. The number of nitrogens with one attached hydrogen (secondary N) is 3. The number of H-pyrrole nitrogens is 1. The Morgan fingerprint density at radius 1 is 0.944 bits per heavy atom. The van der Waals surface area contributed by atoms with Crippen LogP contribution in [0.5, 0.6) is 0 Å². The number of carbonyl (C=O) groups is 2. The molecule has 0 saturated heterocycles. The van der Waals surface area contributed by atoms with Gasteiger partial charge < -0.3 is 10.6 Å². The van der Waals surface area contributed by atoms with Gasteiger partial charge in [0.25, 0.3) is 22.9 Å². The summed E-state index contributed by atoms with van der Waals surface area (Å²) in [6, 6.07) is 9.77. The zero-order valence-corrected chi connectivity index (χ0v) is 19.2. The van der Waals surface area contributed by atoms with Crippen molar-refractivity contribution in [1.82, 2.24) is 14.9 Å². The van der Waals surface area contributed by atoms with Crippen molar-refractivity contribution in [1.29, 1.82) is 0 Å². The molecule has 1 aromatic heterocycles. The molecule has 3 N–H and O–H groups in total. The molecule has 12 heteroatoms. The molecule has 0 radical (unpaired) electrons. The van der Waals surface area contributed by atoms with Gasteiger partial charge in [-0.15, -0.1) is 0 Å². The van der Waals surface area contributed by atoms with Crippen LogP contribution in [0.3, 0.4) is 0 Å². The summed E-state index contributed by atoms with van der Waals surface area (Å²) in [5, 5.41) is 3.61. The van der Waals surface area contributed by atoms with Crippen LogP contribution >= 0.6 is 0 Å². The van der Waals surface area contributed by atoms with E-state index in [2.05, 4.69) is 0 Å². The summed E-state index contributed by atoms with van der Waals surface area (Å²) in [4.78, 5) is 52.7.